The van der Waals surface area contributed by atoms with Gasteiger partial charge in [0, 0.05) is 19.8 Å². The Morgan fingerprint density at radius 3 is 2.50 bits per heavy atom. The van der Waals surface area contributed by atoms with Gasteiger partial charge in [0.05, 0.1) is 18.8 Å². The third kappa shape index (κ3) is 3.43. The predicted molar refractivity (Wildman–Crippen MR) is 63.9 cm³/mol. The summed E-state index contributed by atoms with van der Waals surface area (Å²) in [4.78, 5) is 10.8. The van der Waals surface area contributed by atoms with Crippen molar-refractivity contribution in [2.45, 2.75) is 63.4 Å². The lowest BCUT2D eigenvalue weighted by atomic mass is 9.93. The van der Waals surface area contributed by atoms with E-state index in [1.807, 2.05) is 0 Å². The Balaban J connectivity index is 1.90. The molecule has 0 aromatic rings. The number of aliphatic hydroxyl groups is 1. The first-order valence-electron chi connectivity index (χ1n) is 6.73. The van der Waals surface area contributed by atoms with Crippen molar-refractivity contribution in [3.05, 3.63) is 0 Å². The number of hydrogen-bond donors (Lipinski definition) is 1. The van der Waals surface area contributed by atoms with Crippen molar-refractivity contribution in [1.82, 2.24) is 0 Å². The fourth-order valence-corrected chi connectivity index (χ4v) is 2.77. The molecule has 0 radical (unpaired) electrons. The Kier molecular flexibility index (Phi) is 4.59. The van der Waals surface area contributed by atoms with E-state index in [0.29, 0.717) is 6.61 Å². The van der Waals surface area contributed by atoms with Crippen molar-refractivity contribution in [3.63, 3.8) is 0 Å². The highest BCUT2D eigenvalue weighted by Crippen LogP contribution is 2.39. The zero-order chi connectivity index (χ0) is 13.0. The van der Waals surface area contributed by atoms with E-state index in [0.717, 1.165) is 38.5 Å². The number of ether oxygens (including phenoxy) is 3. The summed E-state index contributed by atoms with van der Waals surface area (Å²) in [6.07, 6.45) is 5.31. The van der Waals surface area contributed by atoms with Gasteiger partial charge in [-0.25, -0.2) is 0 Å². The molecular weight excluding hydrogens is 236 g/mol. The van der Waals surface area contributed by atoms with E-state index < -0.39 is 5.79 Å². The van der Waals surface area contributed by atoms with Crippen LogP contribution in [0.5, 0.6) is 0 Å². The molecule has 2 heterocycles. The third-order valence-electron chi connectivity index (χ3n) is 3.61. The van der Waals surface area contributed by atoms with E-state index in [1.54, 1.807) is 0 Å². The van der Waals surface area contributed by atoms with Crippen LogP contribution in [0, 0.1) is 0 Å². The highest BCUT2D eigenvalue weighted by molar-refractivity contribution is 5.65. The lowest BCUT2D eigenvalue weighted by Gasteiger charge is -2.45. The summed E-state index contributed by atoms with van der Waals surface area (Å²) >= 11 is 0. The van der Waals surface area contributed by atoms with Gasteiger partial charge in [-0.2, -0.15) is 0 Å². The Labute approximate surface area is 107 Å². The van der Waals surface area contributed by atoms with E-state index in [-0.39, 0.29) is 24.8 Å². The van der Waals surface area contributed by atoms with Crippen molar-refractivity contribution in [2.24, 2.45) is 0 Å². The molecule has 2 aliphatic rings. The van der Waals surface area contributed by atoms with Crippen LogP contribution in [0.1, 0.15) is 45.4 Å². The Bertz CT molecular complexity index is 289. The van der Waals surface area contributed by atoms with Crippen LogP contribution < -0.4 is 0 Å². The largest absolute Gasteiger partial charge is 0.463 e. The second-order valence-electron chi connectivity index (χ2n) is 5.16. The topological polar surface area (TPSA) is 65.0 Å². The fourth-order valence-electron chi connectivity index (χ4n) is 2.77. The van der Waals surface area contributed by atoms with Gasteiger partial charge in [-0.3, -0.25) is 4.79 Å². The number of carbonyl (C=O) groups excluding carboxylic acids is 1. The summed E-state index contributed by atoms with van der Waals surface area (Å²) in [5.41, 5.74) is 0. The van der Waals surface area contributed by atoms with Crippen LogP contribution in [0.15, 0.2) is 0 Å². The molecule has 18 heavy (non-hydrogen) atoms. The maximum absolute atomic E-state index is 10.8. The van der Waals surface area contributed by atoms with E-state index in [2.05, 4.69) is 0 Å². The maximum atomic E-state index is 10.8. The summed E-state index contributed by atoms with van der Waals surface area (Å²) < 4.78 is 16.9. The van der Waals surface area contributed by atoms with Gasteiger partial charge in [-0.1, -0.05) is 0 Å². The fraction of sp³-hybridized carbons (Fsp3) is 0.923. The van der Waals surface area contributed by atoms with Crippen LogP contribution in [0.2, 0.25) is 0 Å². The van der Waals surface area contributed by atoms with Crippen molar-refractivity contribution >= 4 is 5.97 Å². The van der Waals surface area contributed by atoms with Gasteiger partial charge < -0.3 is 19.3 Å². The van der Waals surface area contributed by atoms with Gasteiger partial charge in [0.2, 0.25) is 0 Å². The first-order valence-corrected chi connectivity index (χ1v) is 6.73. The minimum Gasteiger partial charge on any atom is -0.463 e. The molecule has 0 amide bonds. The van der Waals surface area contributed by atoms with Crippen LogP contribution in [-0.4, -0.2) is 42.3 Å². The quantitative estimate of drug-likeness (QED) is 0.775. The van der Waals surface area contributed by atoms with Crippen molar-refractivity contribution in [1.29, 1.82) is 0 Å². The molecule has 0 unspecified atom stereocenters. The molecule has 0 aromatic carbocycles. The standard InChI is InChI=1S/C13H22O5/c1-10(15)16-9-12-5-3-7-13(18-12)6-2-4-11(8-14)17-13/h11-12,14H,2-9H2,1H3/t11-,12-,13-/m0/s1. The smallest absolute Gasteiger partial charge is 0.302 e. The second kappa shape index (κ2) is 5.99. The summed E-state index contributed by atoms with van der Waals surface area (Å²) in [5, 5.41) is 9.20. The number of esters is 1. The van der Waals surface area contributed by atoms with E-state index in [4.69, 9.17) is 14.2 Å². The summed E-state index contributed by atoms with van der Waals surface area (Å²) in [5.74, 6) is -0.842. The third-order valence-corrected chi connectivity index (χ3v) is 3.61. The molecule has 3 atom stereocenters. The average molecular weight is 258 g/mol. The van der Waals surface area contributed by atoms with Crippen LogP contribution in [0.25, 0.3) is 0 Å². The van der Waals surface area contributed by atoms with Gasteiger partial charge in [-0.05, 0) is 25.7 Å². The monoisotopic (exact) mass is 258 g/mol. The molecule has 2 rings (SSSR count). The molecule has 2 fully saturated rings. The molecule has 2 aliphatic heterocycles. The first-order chi connectivity index (χ1) is 8.63. The molecule has 5 nitrogen and oxygen atoms in total. The minimum atomic E-state index is -0.561. The Morgan fingerprint density at radius 2 is 1.89 bits per heavy atom. The summed E-state index contributed by atoms with van der Waals surface area (Å²) in [7, 11) is 0. The highest BCUT2D eigenvalue weighted by atomic mass is 16.7. The summed E-state index contributed by atoms with van der Waals surface area (Å²) in [6.45, 7) is 1.74. The Hall–Kier alpha value is -0.650. The van der Waals surface area contributed by atoms with Gasteiger partial charge >= 0.3 is 5.97 Å². The molecule has 1 N–H and O–H groups in total. The van der Waals surface area contributed by atoms with Gasteiger partial charge in [0.15, 0.2) is 5.79 Å². The highest BCUT2D eigenvalue weighted by Gasteiger charge is 2.42. The molecule has 0 aromatic heterocycles. The second-order valence-corrected chi connectivity index (χ2v) is 5.16. The van der Waals surface area contributed by atoms with Crippen LogP contribution >= 0.6 is 0 Å². The van der Waals surface area contributed by atoms with E-state index >= 15 is 0 Å². The van der Waals surface area contributed by atoms with Gasteiger partial charge in [0.1, 0.15) is 6.61 Å². The normalized spacial score (nSPS) is 36.6. The van der Waals surface area contributed by atoms with Gasteiger partial charge in [0.25, 0.3) is 0 Å². The molecule has 104 valence electrons. The summed E-state index contributed by atoms with van der Waals surface area (Å²) in [6, 6.07) is 0. The van der Waals surface area contributed by atoms with Crippen LogP contribution in [-0.2, 0) is 19.0 Å². The number of rotatable bonds is 3. The molecule has 0 aliphatic carbocycles. The van der Waals surface area contributed by atoms with Gasteiger partial charge in [-0.15, -0.1) is 0 Å². The minimum absolute atomic E-state index is 0.0414. The maximum Gasteiger partial charge on any atom is 0.302 e. The van der Waals surface area contributed by atoms with Crippen LogP contribution in [0.4, 0.5) is 0 Å². The SMILES string of the molecule is CC(=O)OC[C@@H]1CCC[C@]2(CCC[C@@H](CO)O2)O1. The lowest BCUT2D eigenvalue weighted by Crippen LogP contribution is -2.49. The number of hydrogen-bond acceptors (Lipinski definition) is 5. The zero-order valence-electron chi connectivity index (χ0n) is 10.9. The lowest BCUT2D eigenvalue weighted by molar-refractivity contribution is -0.321. The first kappa shape index (κ1) is 13.8. The molecule has 0 saturated carbocycles. The van der Waals surface area contributed by atoms with Crippen LogP contribution in [0.3, 0.4) is 0 Å². The molecule has 0 bridgehead atoms. The number of carbonyl (C=O) groups is 1. The average Bonchev–Trinajstić information content (AvgIpc) is 2.36. The van der Waals surface area contributed by atoms with Crippen molar-refractivity contribution < 1.29 is 24.1 Å². The van der Waals surface area contributed by atoms with E-state index in [9.17, 15) is 9.90 Å². The predicted octanol–water partition coefficient (Wildman–Crippen LogP) is 1.38. The number of aliphatic hydroxyl groups excluding tert-OH is 1. The molecule has 5 heteroatoms. The van der Waals surface area contributed by atoms with E-state index in [1.165, 1.54) is 6.92 Å². The molecular formula is C13H22O5. The Morgan fingerprint density at radius 1 is 1.28 bits per heavy atom. The molecule has 2 saturated heterocycles. The molecule has 1 spiro atoms. The zero-order valence-corrected chi connectivity index (χ0v) is 10.9. The van der Waals surface area contributed by atoms with Crippen molar-refractivity contribution in [2.75, 3.05) is 13.2 Å². The van der Waals surface area contributed by atoms with Crippen molar-refractivity contribution in [3.8, 4) is 0 Å².